The summed E-state index contributed by atoms with van der Waals surface area (Å²) in [5.41, 5.74) is 9.25. The van der Waals surface area contributed by atoms with Crippen LogP contribution in [0.2, 0.25) is 0 Å². The first-order chi connectivity index (χ1) is 14.0. The van der Waals surface area contributed by atoms with Crippen LogP contribution in [0.25, 0.3) is 10.4 Å². The zero-order valence-corrected chi connectivity index (χ0v) is 16.6. The number of primary amides is 1. The summed E-state index contributed by atoms with van der Waals surface area (Å²) < 4.78 is 0. The number of aryl methyl sites for hydroxylation is 1. The molecule has 150 valence electrons. The third-order valence-electron chi connectivity index (χ3n) is 6.90. The molecule has 2 bridgehead atoms. The van der Waals surface area contributed by atoms with Crippen LogP contribution in [-0.2, 0) is 22.4 Å². The molecule has 0 saturated heterocycles. The Morgan fingerprint density at radius 2 is 1.79 bits per heavy atom. The smallest absolute Gasteiger partial charge is 0.307 e. The number of carbonyl (C=O) groups excluding carboxylic acids is 2. The number of hydrogen-bond donors (Lipinski definition) is 3. The van der Waals surface area contributed by atoms with Crippen LogP contribution in [0, 0.1) is 23.7 Å². The number of fused-ring (bicyclic) bond motifs is 5. The van der Waals surface area contributed by atoms with Crippen LogP contribution in [0.3, 0.4) is 0 Å². The zero-order chi connectivity index (χ0) is 20.3. The molecular weight excluding hydrogens is 388 g/mol. The molecule has 2 saturated carbocycles. The molecule has 4 N–H and O–H groups in total. The van der Waals surface area contributed by atoms with Gasteiger partial charge < -0.3 is 16.2 Å². The zero-order valence-electron chi connectivity index (χ0n) is 15.8. The number of thiophene rings is 1. The molecule has 1 aromatic heterocycles. The maximum atomic E-state index is 13.1. The summed E-state index contributed by atoms with van der Waals surface area (Å²) >= 11 is 1.37. The second kappa shape index (κ2) is 6.69. The predicted molar refractivity (Wildman–Crippen MR) is 110 cm³/mol. The monoisotopic (exact) mass is 410 g/mol. The SMILES string of the molecule is NC(=O)c1c(NC(=O)[C@@H]2[C@@H]3CC[C@@H](C3)[C@@H]2C(=O)O)sc2c1CCc1ccccc1-2. The molecule has 7 heteroatoms. The van der Waals surface area contributed by atoms with E-state index in [0.717, 1.165) is 41.7 Å². The summed E-state index contributed by atoms with van der Waals surface area (Å²) in [6.07, 6.45) is 4.08. The molecule has 0 radical (unpaired) electrons. The van der Waals surface area contributed by atoms with Crippen LogP contribution in [0.1, 0.15) is 40.7 Å². The normalized spacial score (nSPS) is 26.6. The van der Waals surface area contributed by atoms with E-state index in [0.29, 0.717) is 17.0 Å². The number of hydrogen-bond acceptors (Lipinski definition) is 4. The summed E-state index contributed by atoms with van der Waals surface area (Å²) in [7, 11) is 0. The van der Waals surface area contributed by atoms with Crippen molar-refractivity contribution in [2.75, 3.05) is 5.32 Å². The number of carboxylic acid groups (broad SMARTS) is 1. The van der Waals surface area contributed by atoms with Crippen LogP contribution < -0.4 is 11.1 Å². The molecule has 4 atom stereocenters. The van der Waals surface area contributed by atoms with Gasteiger partial charge in [0.2, 0.25) is 5.91 Å². The molecule has 2 fully saturated rings. The number of carboxylic acids is 1. The first-order valence-electron chi connectivity index (χ1n) is 10.0. The number of amides is 2. The Balaban J connectivity index is 1.51. The van der Waals surface area contributed by atoms with Crippen LogP contribution in [0.4, 0.5) is 5.00 Å². The van der Waals surface area contributed by atoms with Crippen molar-refractivity contribution < 1.29 is 19.5 Å². The summed E-state index contributed by atoms with van der Waals surface area (Å²) in [5.74, 6) is -2.74. The predicted octanol–water partition coefficient (Wildman–Crippen LogP) is 3.30. The molecule has 6 nitrogen and oxygen atoms in total. The van der Waals surface area contributed by atoms with Crippen molar-refractivity contribution in [3.63, 3.8) is 0 Å². The fraction of sp³-hybridized carbons (Fsp3) is 0.409. The third kappa shape index (κ3) is 2.79. The van der Waals surface area contributed by atoms with Crippen molar-refractivity contribution in [3.05, 3.63) is 41.0 Å². The first-order valence-corrected chi connectivity index (χ1v) is 10.8. The van der Waals surface area contributed by atoms with Crippen molar-refractivity contribution in [2.45, 2.75) is 32.1 Å². The Kier molecular flexibility index (Phi) is 4.24. The molecule has 1 aromatic carbocycles. The largest absolute Gasteiger partial charge is 0.481 e. The van der Waals surface area contributed by atoms with Gasteiger partial charge in [-0.05, 0) is 60.6 Å². The standard InChI is InChI=1S/C22H22N2O4S/c23-19(25)17-14-8-7-10-3-1-2-4-13(10)18(14)29-21(17)24-20(26)15-11-5-6-12(9-11)16(15)22(27)28/h1-4,11-12,15-16H,5-9H2,(H2,23,25)(H,24,26)(H,27,28)/t11-,12+,15-,16+/m1/s1. The van der Waals surface area contributed by atoms with Crippen molar-refractivity contribution in [2.24, 2.45) is 29.4 Å². The van der Waals surface area contributed by atoms with Gasteiger partial charge in [-0.3, -0.25) is 14.4 Å². The lowest BCUT2D eigenvalue weighted by Gasteiger charge is -2.26. The Morgan fingerprint density at radius 1 is 1.07 bits per heavy atom. The molecular formula is C22H22N2O4S. The quantitative estimate of drug-likeness (QED) is 0.718. The van der Waals surface area contributed by atoms with Crippen molar-refractivity contribution in [1.29, 1.82) is 0 Å². The van der Waals surface area contributed by atoms with Gasteiger partial charge >= 0.3 is 5.97 Å². The number of benzene rings is 1. The highest BCUT2D eigenvalue weighted by Gasteiger charge is 2.54. The van der Waals surface area contributed by atoms with Gasteiger partial charge in [0, 0.05) is 4.88 Å². The van der Waals surface area contributed by atoms with Gasteiger partial charge in [-0.1, -0.05) is 24.3 Å². The number of aliphatic carboxylic acids is 1. The third-order valence-corrected chi connectivity index (χ3v) is 8.08. The molecule has 3 aliphatic rings. The topological polar surface area (TPSA) is 109 Å². The number of nitrogens with two attached hydrogens (primary N) is 1. The highest BCUT2D eigenvalue weighted by molar-refractivity contribution is 7.20. The van der Waals surface area contributed by atoms with Crippen LogP contribution >= 0.6 is 11.3 Å². The number of nitrogens with one attached hydrogen (secondary N) is 1. The van der Waals surface area contributed by atoms with Crippen molar-refractivity contribution in [1.82, 2.24) is 0 Å². The summed E-state index contributed by atoms with van der Waals surface area (Å²) in [6, 6.07) is 8.06. The van der Waals surface area contributed by atoms with E-state index in [1.807, 2.05) is 18.2 Å². The lowest BCUT2D eigenvalue weighted by Crippen LogP contribution is -2.38. The fourth-order valence-electron chi connectivity index (χ4n) is 5.71. The molecule has 3 aliphatic carbocycles. The average molecular weight is 410 g/mol. The van der Waals surface area contributed by atoms with E-state index in [-0.39, 0.29) is 17.7 Å². The average Bonchev–Trinajstić information content (AvgIpc) is 3.39. The second-order valence-corrected chi connectivity index (χ2v) is 9.37. The summed E-state index contributed by atoms with van der Waals surface area (Å²) in [5, 5.41) is 13.0. The second-order valence-electron chi connectivity index (χ2n) is 8.35. The van der Waals surface area contributed by atoms with Gasteiger partial charge in [0.05, 0.1) is 17.4 Å². The summed E-state index contributed by atoms with van der Waals surface area (Å²) in [6.45, 7) is 0. The number of carbonyl (C=O) groups is 3. The van der Waals surface area contributed by atoms with Gasteiger partial charge in [-0.2, -0.15) is 0 Å². The Labute approximate surface area is 172 Å². The van der Waals surface area contributed by atoms with E-state index >= 15 is 0 Å². The lowest BCUT2D eigenvalue weighted by atomic mass is 9.78. The summed E-state index contributed by atoms with van der Waals surface area (Å²) in [4.78, 5) is 38.1. The molecule has 0 spiro atoms. The van der Waals surface area contributed by atoms with Crippen LogP contribution in [0.15, 0.2) is 24.3 Å². The Bertz CT molecular complexity index is 1040. The molecule has 5 rings (SSSR count). The van der Waals surface area contributed by atoms with E-state index in [1.165, 1.54) is 16.9 Å². The van der Waals surface area contributed by atoms with Gasteiger partial charge in [0.15, 0.2) is 0 Å². The Hall–Kier alpha value is -2.67. The van der Waals surface area contributed by atoms with Crippen molar-refractivity contribution >= 4 is 34.1 Å². The maximum Gasteiger partial charge on any atom is 0.307 e. The molecule has 2 aromatic rings. The van der Waals surface area contributed by atoms with Crippen LogP contribution in [0.5, 0.6) is 0 Å². The first kappa shape index (κ1) is 18.4. The highest BCUT2D eigenvalue weighted by atomic mass is 32.1. The molecule has 0 unspecified atom stereocenters. The van der Waals surface area contributed by atoms with E-state index < -0.39 is 23.7 Å². The van der Waals surface area contributed by atoms with Gasteiger partial charge in [0.25, 0.3) is 5.91 Å². The molecule has 29 heavy (non-hydrogen) atoms. The molecule has 1 heterocycles. The number of rotatable bonds is 4. The van der Waals surface area contributed by atoms with E-state index in [4.69, 9.17) is 5.73 Å². The fourth-order valence-corrected chi connectivity index (χ4v) is 7.03. The van der Waals surface area contributed by atoms with Gasteiger partial charge in [-0.15, -0.1) is 11.3 Å². The molecule has 2 amide bonds. The number of anilines is 1. The van der Waals surface area contributed by atoms with E-state index in [9.17, 15) is 19.5 Å². The van der Waals surface area contributed by atoms with Crippen LogP contribution in [-0.4, -0.2) is 22.9 Å². The van der Waals surface area contributed by atoms with Crippen molar-refractivity contribution in [3.8, 4) is 10.4 Å². The van der Waals surface area contributed by atoms with Gasteiger partial charge in [0.1, 0.15) is 5.00 Å². The van der Waals surface area contributed by atoms with E-state index in [1.54, 1.807) is 0 Å². The molecule has 0 aliphatic heterocycles. The lowest BCUT2D eigenvalue weighted by molar-refractivity contribution is -0.148. The highest BCUT2D eigenvalue weighted by Crippen LogP contribution is 2.53. The minimum atomic E-state index is -0.896. The minimum absolute atomic E-state index is 0.0762. The Morgan fingerprint density at radius 3 is 2.52 bits per heavy atom. The minimum Gasteiger partial charge on any atom is -0.481 e. The maximum absolute atomic E-state index is 13.1. The van der Waals surface area contributed by atoms with Gasteiger partial charge in [-0.25, -0.2) is 0 Å². The van der Waals surface area contributed by atoms with E-state index in [2.05, 4.69) is 11.4 Å².